The van der Waals surface area contributed by atoms with Gasteiger partial charge in [-0.25, -0.2) is 9.59 Å². The number of amides is 2. The molecule has 0 aromatic rings. The molecular weight excluding hydrogens is 220 g/mol. The highest BCUT2D eigenvalue weighted by Gasteiger charge is 2.47. The maximum atomic E-state index is 12.0. The normalized spacial score (nSPS) is 32.1. The van der Waals surface area contributed by atoms with E-state index in [2.05, 4.69) is 5.32 Å². The first-order valence-electron chi connectivity index (χ1n) is 6.44. The zero-order valence-corrected chi connectivity index (χ0v) is 10.2. The lowest BCUT2D eigenvalue weighted by Gasteiger charge is -2.32. The molecule has 17 heavy (non-hydrogen) atoms. The van der Waals surface area contributed by atoms with E-state index in [-0.39, 0.29) is 12.1 Å². The third-order valence-corrected chi connectivity index (χ3v) is 3.94. The molecule has 2 N–H and O–H groups in total. The smallest absolute Gasteiger partial charge is 0.326 e. The third-order valence-electron chi connectivity index (χ3n) is 3.94. The van der Waals surface area contributed by atoms with Crippen molar-refractivity contribution in [3.8, 4) is 0 Å². The van der Waals surface area contributed by atoms with E-state index in [1.165, 1.54) is 0 Å². The Morgan fingerprint density at radius 3 is 2.71 bits per heavy atom. The Morgan fingerprint density at radius 1 is 1.35 bits per heavy atom. The van der Waals surface area contributed by atoms with Crippen LogP contribution < -0.4 is 5.32 Å². The fraction of sp³-hybridized carbons (Fsp3) is 0.833. The average Bonchev–Trinajstić information content (AvgIpc) is 2.68. The number of nitrogens with one attached hydrogen (secondary N) is 1. The summed E-state index contributed by atoms with van der Waals surface area (Å²) in [5.41, 5.74) is 0. The fourth-order valence-electron chi connectivity index (χ4n) is 3.22. The zero-order valence-electron chi connectivity index (χ0n) is 10.2. The number of carboxylic acid groups (broad SMARTS) is 1. The minimum absolute atomic E-state index is 0.136. The summed E-state index contributed by atoms with van der Waals surface area (Å²) in [5.74, 6) is -0.488. The lowest BCUT2D eigenvalue weighted by molar-refractivity contribution is -0.141. The van der Waals surface area contributed by atoms with Crippen LogP contribution in [0.25, 0.3) is 0 Å². The molecule has 1 saturated carbocycles. The topological polar surface area (TPSA) is 69.6 Å². The Balaban J connectivity index is 2.17. The van der Waals surface area contributed by atoms with E-state index in [1.54, 1.807) is 4.90 Å². The molecule has 0 aromatic heterocycles. The minimum Gasteiger partial charge on any atom is -0.480 e. The quantitative estimate of drug-likeness (QED) is 0.767. The molecule has 5 nitrogen and oxygen atoms in total. The highest BCUT2D eigenvalue weighted by atomic mass is 16.4. The van der Waals surface area contributed by atoms with Crippen molar-refractivity contribution in [1.82, 2.24) is 10.2 Å². The van der Waals surface area contributed by atoms with Gasteiger partial charge < -0.3 is 15.3 Å². The standard InChI is InChI=1S/C12H20N2O3/c1-2-13-12(17)14-9-6-4-3-5-8(9)7-10(14)11(15)16/h8-10H,2-7H2,1H3,(H,13,17)(H,15,16)/t8-,9-,10-/m1/s1. The van der Waals surface area contributed by atoms with E-state index in [9.17, 15) is 14.7 Å². The molecule has 0 aromatic carbocycles. The second-order valence-corrected chi connectivity index (χ2v) is 4.94. The van der Waals surface area contributed by atoms with Crippen LogP contribution in [0.15, 0.2) is 0 Å². The molecule has 1 aliphatic heterocycles. The Bertz CT molecular complexity index is 319. The number of carbonyl (C=O) groups excluding carboxylic acids is 1. The van der Waals surface area contributed by atoms with Gasteiger partial charge in [0.15, 0.2) is 0 Å². The van der Waals surface area contributed by atoms with Gasteiger partial charge in [0, 0.05) is 12.6 Å². The molecule has 0 unspecified atom stereocenters. The maximum absolute atomic E-state index is 12.0. The molecule has 0 radical (unpaired) electrons. The van der Waals surface area contributed by atoms with Gasteiger partial charge >= 0.3 is 12.0 Å². The molecule has 2 fully saturated rings. The highest BCUT2D eigenvalue weighted by Crippen LogP contribution is 2.39. The Labute approximate surface area is 101 Å². The number of likely N-dealkylation sites (tertiary alicyclic amines) is 1. The largest absolute Gasteiger partial charge is 0.480 e. The maximum Gasteiger partial charge on any atom is 0.326 e. The van der Waals surface area contributed by atoms with Gasteiger partial charge in [-0.05, 0) is 32.1 Å². The summed E-state index contributed by atoms with van der Waals surface area (Å²) in [6.45, 7) is 2.39. The van der Waals surface area contributed by atoms with E-state index in [4.69, 9.17) is 0 Å². The number of rotatable bonds is 2. The van der Waals surface area contributed by atoms with Gasteiger partial charge in [0.1, 0.15) is 6.04 Å². The number of hydrogen-bond acceptors (Lipinski definition) is 2. The van der Waals surface area contributed by atoms with Crippen LogP contribution in [-0.2, 0) is 4.79 Å². The SMILES string of the molecule is CCNC(=O)N1[C@@H](C(=O)O)C[C@H]2CCCC[C@H]21. The lowest BCUT2D eigenvalue weighted by Crippen LogP contribution is -2.50. The van der Waals surface area contributed by atoms with E-state index < -0.39 is 12.0 Å². The number of carboxylic acids is 1. The lowest BCUT2D eigenvalue weighted by atomic mass is 9.85. The predicted molar refractivity (Wildman–Crippen MR) is 62.7 cm³/mol. The van der Waals surface area contributed by atoms with E-state index >= 15 is 0 Å². The number of nitrogens with zero attached hydrogens (tertiary/aromatic N) is 1. The number of urea groups is 1. The highest BCUT2D eigenvalue weighted by molar-refractivity contribution is 5.83. The van der Waals surface area contributed by atoms with Crippen molar-refractivity contribution in [2.45, 2.75) is 51.1 Å². The first kappa shape index (κ1) is 12.2. The summed E-state index contributed by atoms with van der Waals surface area (Å²) in [4.78, 5) is 24.8. The van der Waals surface area contributed by atoms with Gasteiger partial charge in [0.2, 0.25) is 0 Å². The van der Waals surface area contributed by atoms with Crippen molar-refractivity contribution >= 4 is 12.0 Å². The third kappa shape index (κ3) is 2.23. The van der Waals surface area contributed by atoms with E-state index in [0.717, 1.165) is 25.7 Å². The predicted octanol–water partition coefficient (Wildman–Crippen LogP) is 1.43. The first-order valence-corrected chi connectivity index (χ1v) is 6.44. The van der Waals surface area contributed by atoms with Gasteiger partial charge in [-0.3, -0.25) is 0 Å². The summed E-state index contributed by atoms with van der Waals surface area (Å²) in [6, 6.07) is -0.708. The first-order chi connectivity index (χ1) is 8.15. The van der Waals surface area contributed by atoms with Crippen LogP contribution in [0, 0.1) is 5.92 Å². The van der Waals surface area contributed by atoms with Gasteiger partial charge in [0.05, 0.1) is 0 Å². The van der Waals surface area contributed by atoms with Crippen LogP contribution >= 0.6 is 0 Å². The van der Waals surface area contributed by atoms with Crippen molar-refractivity contribution in [2.75, 3.05) is 6.54 Å². The number of hydrogen-bond donors (Lipinski definition) is 2. The Kier molecular flexibility index (Phi) is 3.54. The molecule has 2 amide bonds. The van der Waals surface area contributed by atoms with Crippen LogP contribution in [0.5, 0.6) is 0 Å². The molecule has 3 atom stereocenters. The molecule has 1 saturated heterocycles. The number of fused-ring (bicyclic) bond motifs is 1. The van der Waals surface area contributed by atoms with Crippen LogP contribution in [0.3, 0.4) is 0 Å². The number of aliphatic carboxylic acids is 1. The van der Waals surface area contributed by atoms with Crippen molar-refractivity contribution in [1.29, 1.82) is 0 Å². The second kappa shape index (κ2) is 4.94. The summed E-state index contributed by atoms with van der Waals surface area (Å²) in [6.07, 6.45) is 4.90. The van der Waals surface area contributed by atoms with Crippen molar-refractivity contribution in [3.63, 3.8) is 0 Å². The van der Waals surface area contributed by atoms with Crippen LogP contribution in [0.2, 0.25) is 0 Å². The van der Waals surface area contributed by atoms with Crippen LogP contribution in [0.1, 0.15) is 39.0 Å². The zero-order chi connectivity index (χ0) is 12.4. The Morgan fingerprint density at radius 2 is 2.06 bits per heavy atom. The minimum atomic E-state index is -0.870. The van der Waals surface area contributed by atoms with Gasteiger partial charge in [-0.1, -0.05) is 12.8 Å². The summed E-state index contributed by atoms with van der Waals surface area (Å²) >= 11 is 0. The number of carbonyl (C=O) groups is 2. The summed E-state index contributed by atoms with van der Waals surface area (Å²) in [7, 11) is 0. The molecular formula is C12H20N2O3. The molecule has 2 aliphatic rings. The average molecular weight is 240 g/mol. The summed E-state index contributed by atoms with van der Waals surface area (Å²) in [5, 5.41) is 12.0. The van der Waals surface area contributed by atoms with Gasteiger partial charge in [0.25, 0.3) is 0 Å². The van der Waals surface area contributed by atoms with Gasteiger partial charge in [-0.15, -0.1) is 0 Å². The Hall–Kier alpha value is -1.26. The van der Waals surface area contributed by atoms with Crippen molar-refractivity contribution < 1.29 is 14.7 Å². The molecule has 0 spiro atoms. The molecule has 1 aliphatic carbocycles. The molecule has 96 valence electrons. The monoisotopic (exact) mass is 240 g/mol. The van der Waals surface area contributed by atoms with E-state index in [0.29, 0.717) is 18.9 Å². The molecule has 5 heteroatoms. The van der Waals surface area contributed by atoms with E-state index in [1.807, 2.05) is 6.92 Å². The molecule has 2 rings (SSSR count). The molecule has 1 heterocycles. The van der Waals surface area contributed by atoms with Crippen molar-refractivity contribution in [2.24, 2.45) is 5.92 Å². The van der Waals surface area contributed by atoms with Crippen LogP contribution in [-0.4, -0.2) is 40.6 Å². The summed E-state index contributed by atoms with van der Waals surface area (Å²) < 4.78 is 0. The fourth-order valence-corrected chi connectivity index (χ4v) is 3.22. The second-order valence-electron chi connectivity index (χ2n) is 4.94. The van der Waals surface area contributed by atoms with Gasteiger partial charge in [-0.2, -0.15) is 0 Å². The van der Waals surface area contributed by atoms with Crippen molar-refractivity contribution in [3.05, 3.63) is 0 Å². The molecule has 0 bridgehead atoms. The van der Waals surface area contributed by atoms with Crippen LogP contribution in [0.4, 0.5) is 4.79 Å².